The number of aliphatic hydroxyl groups excluding tert-OH is 1. The van der Waals surface area contributed by atoms with E-state index in [1.807, 2.05) is 20.8 Å². The van der Waals surface area contributed by atoms with Crippen LogP contribution in [0, 0.1) is 28.1 Å². The van der Waals surface area contributed by atoms with Crippen molar-refractivity contribution in [2.45, 2.75) is 76.3 Å². The molecule has 29 heavy (non-hydrogen) atoms. The van der Waals surface area contributed by atoms with Crippen LogP contribution in [0.2, 0.25) is 0 Å². The third kappa shape index (κ3) is 1.35. The molecule has 0 bridgehead atoms. The van der Waals surface area contributed by atoms with Crippen molar-refractivity contribution in [1.29, 1.82) is 0 Å². The van der Waals surface area contributed by atoms with E-state index >= 15 is 0 Å². The minimum atomic E-state index is -1.97. The zero-order chi connectivity index (χ0) is 20.9. The van der Waals surface area contributed by atoms with Crippen LogP contribution in [-0.4, -0.2) is 63.9 Å². The number of aliphatic hydroxyl groups is 2. The fraction of sp³-hybridized carbons (Fsp3) is 0.850. The number of carbonyl (C=O) groups is 3. The van der Waals surface area contributed by atoms with Gasteiger partial charge in [0.2, 0.25) is 11.9 Å². The second-order valence-electron chi connectivity index (χ2n) is 10.6. The van der Waals surface area contributed by atoms with Gasteiger partial charge in [0.25, 0.3) is 0 Å². The first-order valence-electron chi connectivity index (χ1n) is 10.1. The van der Waals surface area contributed by atoms with Crippen molar-refractivity contribution in [3.8, 4) is 0 Å². The Morgan fingerprint density at radius 2 is 1.72 bits per heavy atom. The Balaban J connectivity index is 1.68. The van der Waals surface area contributed by atoms with Gasteiger partial charge in [-0.05, 0) is 24.7 Å². The molecule has 2 saturated carbocycles. The van der Waals surface area contributed by atoms with E-state index < -0.39 is 70.5 Å². The van der Waals surface area contributed by atoms with Crippen LogP contribution in [0.1, 0.15) is 40.5 Å². The molecule has 0 radical (unpaired) electrons. The Labute approximate surface area is 166 Å². The maximum absolute atomic E-state index is 13.3. The second-order valence-corrected chi connectivity index (χ2v) is 10.6. The molecule has 4 heterocycles. The number of ether oxygens (including phenoxy) is 4. The van der Waals surface area contributed by atoms with Gasteiger partial charge >= 0.3 is 17.9 Å². The summed E-state index contributed by atoms with van der Waals surface area (Å²) in [5.74, 6) is -3.52. The highest BCUT2D eigenvalue weighted by atomic mass is 16.8. The number of hydrogen-bond donors (Lipinski definition) is 2. The van der Waals surface area contributed by atoms with E-state index in [1.165, 1.54) is 6.92 Å². The van der Waals surface area contributed by atoms with Gasteiger partial charge in [-0.15, -0.1) is 0 Å². The van der Waals surface area contributed by atoms with Crippen LogP contribution < -0.4 is 0 Å². The number of carbonyl (C=O) groups excluding carboxylic acids is 3. The van der Waals surface area contributed by atoms with Crippen LogP contribution in [0.3, 0.4) is 0 Å². The number of esters is 3. The van der Waals surface area contributed by atoms with Crippen molar-refractivity contribution in [2.75, 3.05) is 0 Å². The van der Waals surface area contributed by atoms with Crippen LogP contribution in [-0.2, 0) is 33.3 Å². The summed E-state index contributed by atoms with van der Waals surface area (Å²) in [4.78, 5) is 38.1. The van der Waals surface area contributed by atoms with E-state index in [0.29, 0.717) is 6.42 Å². The highest BCUT2D eigenvalue weighted by Crippen LogP contribution is 2.84. The summed E-state index contributed by atoms with van der Waals surface area (Å²) in [6.07, 6.45) is -3.96. The van der Waals surface area contributed by atoms with Gasteiger partial charge in [0.15, 0.2) is 11.7 Å². The van der Waals surface area contributed by atoms with Gasteiger partial charge in [0.05, 0.1) is 16.7 Å². The zero-order valence-electron chi connectivity index (χ0n) is 16.6. The zero-order valence-corrected chi connectivity index (χ0v) is 16.6. The smallest absolute Gasteiger partial charge is 0.342 e. The van der Waals surface area contributed by atoms with Crippen molar-refractivity contribution in [3.63, 3.8) is 0 Å². The Morgan fingerprint density at radius 1 is 1.03 bits per heavy atom. The minimum absolute atomic E-state index is 0.0623. The first-order chi connectivity index (χ1) is 13.4. The van der Waals surface area contributed by atoms with Gasteiger partial charge < -0.3 is 29.2 Å². The topological polar surface area (TPSA) is 129 Å². The molecule has 2 N–H and O–H groups in total. The van der Waals surface area contributed by atoms with Crippen molar-refractivity contribution in [1.82, 2.24) is 0 Å². The molecular formula is C20H24O9. The third-order valence-electron chi connectivity index (χ3n) is 8.97. The average Bonchev–Trinajstić information content (AvgIpc) is 3.31. The Bertz CT molecular complexity index is 893. The van der Waals surface area contributed by atoms with Crippen molar-refractivity contribution in [3.05, 3.63) is 0 Å². The maximum Gasteiger partial charge on any atom is 0.342 e. The fourth-order valence-electron chi connectivity index (χ4n) is 8.06. The predicted octanol–water partition coefficient (Wildman–Crippen LogP) is -0.340. The molecule has 0 aromatic heterocycles. The van der Waals surface area contributed by atoms with Crippen LogP contribution in [0.25, 0.3) is 0 Å². The lowest BCUT2D eigenvalue weighted by Crippen LogP contribution is -2.66. The molecule has 6 rings (SSSR count). The summed E-state index contributed by atoms with van der Waals surface area (Å²) < 4.78 is 22.9. The highest BCUT2D eigenvalue weighted by Gasteiger charge is 3.01. The molecule has 4 aliphatic heterocycles. The molecule has 158 valence electrons. The van der Waals surface area contributed by atoms with Crippen molar-refractivity contribution in [2.24, 2.45) is 28.1 Å². The Kier molecular flexibility index (Phi) is 2.79. The molecule has 0 aromatic carbocycles. The van der Waals surface area contributed by atoms with E-state index in [9.17, 15) is 24.6 Å². The average molecular weight is 408 g/mol. The number of rotatable bonds is 0. The van der Waals surface area contributed by atoms with Gasteiger partial charge in [-0.2, -0.15) is 0 Å². The van der Waals surface area contributed by atoms with E-state index in [0.717, 1.165) is 0 Å². The van der Waals surface area contributed by atoms with E-state index in [1.54, 1.807) is 0 Å². The van der Waals surface area contributed by atoms with Gasteiger partial charge in [-0.1, -0.05) is 20.8 Å². The number of fused-ring (bicyclic) bond motifs is 1. The molecule has 0 aromatic rings. The highest BCUT2D eigenvalue weighted by molar-refractivity contribution is 5.93. The van der Waals surface area contributed by atoms with Crippen LogP contribution >= 0.6 is 0 Å². The monoisotopic (exact) mass is 408 g/mol. The standard InChI is InChI=1S/C20H24O9/c1-7-12(22)26-10-6-17-9-5-8(16(2,3)4)18(17)11(21)13(23)28-15(18)29-20(17,14(24)27-9)19(7,10)25/h7-11,15,21,25H,5-6H2,1-4H3/t7-,8-,9-,10+,11-,15+,17+,18-,19+,20+/m0/s1. The van der Waals surface area contributed by atoms with E-state index in [2.05, 4.69) is 0 Å². The molecule has 2 spiro atoms. The molecule has 0 unspecified atom stereocenters. The SMILES string of the molecule is C[C@H]1C(=O)O[C@@H]2C[C@@]34[C@@H]5C[C@@H](C(C)(C)C)[C@]36[C@H](OC(=O)[C@@H]6O)O[C@@]4(C(=O)O5)[C@]21O. The molecule has 4 saturated heterocycles. The quantitative estimate of drug-likeness (QED) is 0.408. The van der Waals surface area contributed by atoms with E-state index in [-0.39, 0.29) is 17.8 Å². The lowest BCUT2D eigenvalue weighted by molar-refractivity contribution is -0.238. The molecule has 9 heteroatoms. The van der Waals surface area contributed by atoms with Gasteiger partial charge in [0, 0.05) is 6.42 Å². The number of hydrogen-bond acceptors (Lipinski definition) is 9. The van der Waals surface area contributed by atoms with E-state index in [4.69, 9.17) is 18.9 Å². The molecular weight excluding hydrogens is 384 g/mol. The molecule has 10 atom stereocenters. The summed E-state index contributed by atoms with van der Waals surface area (Å²) in [7, 11) is 0. The molecule has 6 fully saturated rings. The Morgan fingerprint density at radius 3 is 2.38 bits per heavy atom. The summed E-state index contributed by atoms with van der Waals surface area (Å²) in [5, 5.41) is 23.0. The molecule has 2 aliphatic carbocycles. The van der Waals surface area contributed by atoms with Crippen LogP contribution in [0.15, 0.2) is 0 Å². The maximum atomic E-state index is 13.3. The summed E-state index contributed by atoms with van der Waals surface area (Å²) in [5.41, 5.74) is -6.81. The minimum Gasteiger partial charge on any atom is -0.459 e. The normalized spacial score (nSPS) is 59.2. The van der Waals surface area contributed by atoms with Gasteiger partial charge in [0.1, 0.15) is 12.2 Å². The van der Waals surface area contributed by atoms with Crippen LogP contribution in [0.5, 0.6) is 0 Å². The summed E-state index contributed by atoms with van der Waals surface area (Å²) >= 11 is 0. The lowest BCUT2D eigenvalue weighted by atomic mass is 9.51. The van der Waals surface area contributed by atoms with Crippen molar-refractivity contribution >= 4 is 17.9 Å². The van der Waals surface area contributed by atoms with Gasteiger partial charge in [-0.3, -0.25) is 4.79 Å². The summed E-state index contributed by atoms with van der Waals surface area (Å²) in [6.45, 7) is 7.47. The van der Waals surface area contributed by atoms with Crippen molar-refractivity contribution < 1.29 is 43.5 Å². The molecule has 6 aliphatic rings. The third-order valence-corrected chi connectivity index (χ3v) is 8.97. The molecule has 9 nitrogen and oxygen atoms in total. The lowest BCUT2D eigenvalue weighted by Gasteiger charge is -2.46. The first kappa shape index (κ1) is 18.1. The fourth-order valence-corrected chi connectivity index (χ4v) is 8.06. The first-order valence-corrected chi connectivity index (χ1v) is 10.1. The predicted molar refractivity (Wildman–Crippen MR) is 90.6 cm³/mol. The largest absolute Gasteiger partial charge is 0.459 e. The van der Waals surface area contributed by atoms with Gasteiger partial charge in [-0.25, -0.2) is 9.59 Å². The molecule has 0 amide bonds. The summed E-state index contributed by atoms with van der Waals surface area (Å²) in [6, 6.07) is 0. The second kappa shape index (κ2) is 4.48. The van der Waals surface area contributed by atoms with Crippen LogP contribution in [0.4, 0.5) is 0 Å². The Hall–Kier alpha value is -1.71.